The van der Waals surface area contributed by atoms with E-state index in [1.807, 2.05) is 11.8 Å². The van der Waals surface area contributed by atoms with Crippen molar-refractivity contribution in [2.75, 3.05) is 44.3 Å². The highest BCUT2D eigenvalue weighted by molar-refractivity contribution is 9.10. The highest BCUT2D eigenvalue weighted by Crippen LogP contribution is 2.49. The quantitative estimate of drug-likeness (QED) is 0.617. The topological polar surface area (TPSA) is 15.7 Å². The zero-order valence-electron chi connectivity index (χ0n) is 13.2. The first-order valence-corrected chi connectivity index (χ1v) is 10.5. The van der Waals surface area contributed by atoms with E-state index < -0.39 is 0 Å². The lowest BCUT2D eigenvalue weighted by molar-refractivity contribution is 0.0394. The Hall–Kier alpha value is -0.530. The van der Waals surface area contributed by atoms with Gasteiger partial charge in [-0.1, -0.05) is 43.6 Å². The van der Waals surface area contributed by atoms with Crippen molar-refractivity contribution in [3.63, 3.8) is 0 Å². The molecule has 0 amide bonds. The first-order chi connectivity index (χ1) is 11.7. The molecule has 2 aliphatic rings. The van der Waals surface area contributed by atoms with E-state index in [9.17, 15) is 0 Å². The van der Waals surface area contributed by atoms with Crippen molar-refractivity contribution in [2.24, 2.45) is 0 Å². The Kier molecular flexibility index (Phi) is 5.20. The molecule has 0 aromatic heterocycles. The summed E-state index contributed by atoms with van der Waals surface area (Å²) in [4.78, 5) is 7.55. The molecule has 2 aromatic carbocycles. The number of rotatable bonds is 3. The third-order valence-electron chi connectivity index (χ3n) is 4.39. The molecular weight excluding hydrogens is 452 g/mol. The summed E-state index contributed by atoms with van der Waals surface area (Å²) >= 11 is 9.05. The fourth-order valence-electron chi connectivity index (χ4n) is 3.14. The van der Waals surface area contributed by atoms with Gasteiger partial charge in [-0.05, 0) is 36.4 Å². The van der Waals surface area contributed by atoms with Crippen LogP contribution in [0.4, 0.5) is 11.4 Å². The van der Waals surface area contributed by atoms with Gasteiger partial charge >= 0.3 is 0 Å². The van der Waals surface area contributed by atoms with Gasteiger partial charge in [-0.3, -0.25) is 4.90 Å². The minimum Gasteiger partial charge on any atom is -0.379 e. The molecule has 6 heteroatoms. The maximum Gasteiger partial charge on any atom is 0.0594 e. The van der Waals surface area contributed by atoms with Crippen LogP contribution in [0.25, 0.3) is 0 Å². The van der Waals surface area contributed by atoms with Crippen molar-refractivity contribution in [1.82, 2.24) is 4.90 Å². The van der Waals surface area contributed by atoms with Crippen molar-refractivity contribution in [1.29, 1.82) is 0 Å². The summed E-state index contributed by atoms with van der Waals surface area (Å²) < 4.78 is 7.71. The van der Waals surface area contributed by atoms with Crippen LogP contribution in [-0.4, -0.2) is 44.3 Å². The van der Waals surface area contributed by atoms with Crippen LogP contribution < -0.4 is 4.90 Å². The van der Waals surface area contributed by atoms with Crippen molar-refractivity contribution in [2.45, 2.75) is 9.79 Å². The first kappa shape index (κ1) is 16.9. The molecule has 126 valence electrons. The number of hydrogen-bond acceptors (Lipinski definition) is 4. The van der Waals surface area contributed by atoms with Crippen LogP contribution in [0.5, 0.6) is 0 Å². The monoisotopic (exact) mass is 468 g/mol. The van der Waals surface area contributed by atoms with E-state index in [1.54, 1.807) is 0 Å². The first-order valence-electron chi connectivity index (χ1n) is 8.05. The highest BCUT2D eigenvalue weighted by Gasteiger charge is 2.24. The van der Waals surface area contributed by atoms with Crippen LogP contribution in [0, 0.1) is 0 Å². The molecule has 0 radical (unpaired) electrons. The molecule has 0 bridgehead atoms. The molecule has 0 unspecified atom stereocenters. The smallest absolute Gasteiger partial charge is 0.0594 e. The van der Waals surface area contributed by atoms with Gasteiger partial charge in [-0.15, -0.1) is 0 Å². The summed E-state index contributed by atoms with van der Waals surface area (Å²) in [5.41, 5.74) is 2.59. The molecule has 0 atom stereocenters. The van der Waals surface area contributed by atoms with Gasteiger partial charge in [0.25, 0.3) is 0 Å². The van der Waals surface area contributed by atoms with Crippen molar-refractivity contribution < 1.29 is 4.74 Å². The number of morpholine rings is 1. The Balaban J connectivity index is 1.64. The van der Waals surface area contributed by atoms with Crippen LogP contribution in [0.3, 0.4) is 0 Å². The molecule has 24 heavy (non-hydrogen) atoms. The van der Waals surface area contributed by atoms with E-state index in [2.05, 4.69) is 78.1 Å². The van der Waals surface area contributed by atoms with Gasteiger partial charge in [0.2, 0.25) is 0 Å². The third kappa shape index (κ3) is 3.53. The summed E-state index contributed by atoms with van der Waals surface area (Å²) in [5, 5.41) is 0. The largest absolute Gasteiger partial charge is 0.379 e. The van der Waals surface area contributed by atoms with Gasteiger partial charge in [0, 0.05) is 44.9 Å². The maximum absolute atomic E-state index is 5.46. The number of anilines is 2. The fraction of sp³-hybridized carbons (Fsp3) is 0.333. The van der Waals surface area contributed by atoms with Crippen LogP contribution in [0.2, 0.25) is 0 Å². The van der Waals surface area contributed by atoms with Gasteiger partial charge in [0.15, 0.2) is 0 Å². The van der Waals surface area contributed by atoms with Gasteiger partial charge < -0.3 is 9.64 Å². The summed E-state index contributed by atoms with van der Waals surface area (Å²) in [5.74, 6) is 0. The zero-order valence-corrected chi connectivity index (χ0v) is 17.2. The van der Waals surface area contributed by atoms with Gasteiger partial charge in [0.05, 0.1) is 24.6 Å². The molecular formula is C18H18Br2N2OS. The van der Waals surface area contributed by atoms with Crippen molar-refractivity contribution >= 4 is 55.0 Å². The van der Waals surface area contributed by atoms with E-state index in [1.165, 1.54) is 21.2 Å². The minimum atomic E-state index is 0.850. The molecule has 1 fully saturated rings. The Morgan fingerprint density at radius 3 is 2.04 bits per heavy atom. The average molecular weight is 470 g/mol. The lowest BCUT2D eigenvalue weighted by Gasteiger charge is -2.35. The van der Waals surface area contributed by atoms with E-state index in [4.69, 9.17) is 4.74 Å². The van der Waals surface area contributed by atoms with E-state index in [0.717, 1.165) is 48.3 Å². The molecule has 2 aromatic rings. The molecule has 1 saturated heterocycles. The molecule has 0 spiro atoms. The Bertz CT molecular complexity index is 698. The third-order valence-corrected chi connectivity index (χ3v) is 6.47. The predicted octanol–water partition coefficient (Wildman–Crippen LogP) is 5.15. The Morgan fingerprint density at radius 1 is 0.875 bits per heavy atom. The number of benzene rings is 2. The Labute approximate surface area is 163 Å². The second-order valence-electron chi connectivity index (χ2n) is 5.93. The second-order valence-corrected chi connectivity index (χ2v) is 8.85. The molecule has 0 N–H and O–H groups in total. The van der Waals surface area contributed by atoms with Crippen LogP contribution in [0.1, 0.15) is 0 Å². The van der Waals surface area contributed by atoms with E-state index in [0.29, 0.717) is 0 Å². The Morgan fingerprint density at radius 2 is 1.46 bits per heavy atom. The second kappa shape index (κ2) is 7.38. The maximum atomic E-state index is 5.46. The highest BCUT2D eigenvalue weighted by atomic mass is 79.9. The SMILES string of the molecule is Brc1ccc2c(c1)Sc1cc(Br)ccc1N2CCN1CCOCC1. The molecule has 3 nitrogen and oxygen atoms in total. The summed E-state index contributed by atoms with van der Waals surface area (Å²) in [6, 6.07) is 13.1. The molecule has 0 aliphatic carbocycles. The standard InChI is InChI=1S/C18H18Br2N2OS/c19-13-1-3-15-17(11-13)24-18-12-14(20)2-4-16(18)22(15)6-5-21-7-9-23-10-8-21/h1-4,11-12H,5-10H2. The lowest BCUT2D eigenvalue weighted by Crippen LogP contribution is -2.41. The van der Waals surface area contributed by atoms with E-state index >= 15 is 0 Å². The average Bonchev–Trinajstić information content (AvgIpc) is 2.59. The number of halogens is 2. The van der Waals surface area contributed by atoms with Gasteiger partial charge in [-0.2, -0.15) is 0 Å². The van der Waals surface area contributed by atoms with Crippen molar-refractivity contribution in [3.8, 4) is 0 Å². The number of hydrogen-bond donors (Lipinski definition) is 0. The van der Waals surface area contributed by atoms with Crippen LogP contribution >= 0.6 is 43.6 Å². The van der Waals surface area contributed by atoms with Crippen LogP contribution in [0.15, 0.2) is 55.1 Å². The molecule has 4 rings (SSSR count). The van der Waals surface area contributed by atoms with Crippen LogP contribution in [-0.2, 0) is 4.74 Å². The lowest BCUT2D eigenvalue weighted by atomic mass is 10.2. The fourth-order valence-corrected chi connectivity index (χ4v) is 5.34. The summed E-state index contributed by atoms with van der Waals surface area (Å²) in [6.07, 6.45) is 0. The number of ether oxygens (including phenoxy) is 1. The van der Waals surface area contributed by atoms with E-state index in [-0.39, 0.29) is 0 Å². The van der Waals surface area contributed by atoms with Gasteiger partial charge in [0.1, 0.15) is 0 Å². The minimum absolute atomic E-state index is 0.850. The molecule has 0 saturated carbocycles. The predicted molar refractivity (Wildman–Crippen MR) is 107 cm³/mol. The molecule has 2 aliphatic heterocycles. The normalized spacial score (nSPS) is 17.5. The molecule has 2 heterocycles. The number of fused-ring (bicyclic) bond motifs is 2. The van der Waals surface area contributed by atoms with Gasteiger partial charge in [-0.25, -0.2) is 0 Å². The zero-order chi connectivity index (χ0) is 16.5. The summed E-state index contributed by atoms with van der Waals surface area (Å²) in [6.45, 7) is 5.81. The number of nitrogens with zero attached hydrogens (tertiary/aromatic N) is 2. The summed E-state index contributed by atoms with van der Waals surface area (Å²) in [7, 11) is 0. The van der Waals surface area contributed by atoms with Crippen molar-refractivity contribution in [3.05, 3.63) is 45.3 Å².